The molecule has 4 nitrogen and oxygen atoms in total. The lowest BCUT2D eigenvalue weighted by molar-refractivity contribution is -0.132. The summed E-state index contributed by atoms with van der Waals surface area (Å²) in [7, 11) is 1.53. The molecule has 5 heteroatoms. The zero-order valence-electron chi connectivity index (χ0n) is 6.50. The molecule has 0 aromatic rings. The van der Waals surface area contributed by atoms with E-state index in [0.717, 1.165) is 0 Å². The molecule has 0 aliphatic rings. The van der Waals surface area contributed by atoms with E-state index < -0.39 is 5.91 Å². The number of amides is 2. The first-order valence-electron chi connectivity index (χ1n) is 3.12. The van der Waals surface area contributed by atoms with Gasteiger partial charge in [-0.2, -0.15) is 0 Å². The molecule has 0 aliphatic heterocycles. The molecule has 1 unspecified atom stereocenters. The van der Waals surface area contributed by atoms with Crippen molar-refractivity contribution in [2.75, 3.05) is 13.6 Å². The largest absolute Gasteiger partial charge is 0.368 e. The van der Waals surface area contributed by atoms with Crippen LogP contribution in [0.5, 0.6) is 0 Å². The fraction of sp³-hybridized carbons (Fsp3) is 0.667. The third kappa shape index (κ3) is 3.98. The van der Waals surface area contributed by atoms with Gasteiger partial charge in [0, 0.05) is 7.05 Å². The molecule has 1 atom stereocenters. The van der Waals surface area contributed by atoms with Crippen LogP contribution < -0.4 is 5.73 Å². The smallest absolute Gasteiger partial charge is 0.237 e. The molecule has 0 saturated heterocycles. The van der Waals surface area contributed by atoms with E-state index in [1.54, 1.807) is 6.92 Å². The van der Waals surface area contributed by atoms with Crippen molar-refractivity contribution in [3.05, 3.63) is 0 Å². The molecule has 0 aromatic carbocycles. The van der Waals surface area contributed by atoms with Gasteiger partial charge < -0.3 is 10.6 Å². The maximum absolute atomic E-state index is 11.0. The van der Waals surface area contributed by atoms with Crippen LogP contribution in [0.1, 0.15) is 6.92 Å². The maximum atomic E-state index is 11.0. The van der Waals surface area contributed by atoms with Gasteiger partial charge in [0.2, 0.25) is 11.8 Å². The van der Waals surface area contributed by atoms with Gasteiger partial charge in [-0.25, -0.2) is 0 Å². The van der Waals surface area contributed by atoms with Crippen molar-refractivity contribution < 1.29 is 9.59 Å². The first-order valence-corrected chi connectivity index (χ1v) is 4.04. The second kappa shape index (κ2) is 4.33. The standard InChI is InChI=1S/C6H11BrN2O2/c1-4(7)6(11)9(2)3-5(8)10/h4H,3H2,1-2H3,(H2,8,10). The topological polar surface area (TPSA) is 63.4 Å². The summed E-state index contributed by atoms with van der Waals surface area (Å²) in [6.07, 6.45) is 0. The van der Waals surface area contributed by atoms with Crippen LogP contribution in [0.15, 0.2) is 0 Å². The molecule has 64 valence electrons. The molecule has 2 N–H and O–H groups in total. The molecule has 0 aliphatic carbocycles. The van der Waals surface area contributed by atoms with Crippen LogP contribution in [0.2, 0.25) is 0 Å². The highest BCUT2D eigenvalue weighted by Crippen LogP contribution is 2.01. The second-order valence-corrected chi connectivity index (χ2v) is 3.65. The molecule has 0 rings (SSSR count). The number of carbonyl (C=O) groups is 2. The minimum Gasteiger partial charge on any atom is -0.368 e. The predicted molar refractivity (Wildman–Crippen MR) is 45.2 cm³/mol. The molecule has 0 fully saturated rings. The Morgan fingerprint density at radius 1 is 1.64 bits per heavy atom. The monoisotopic (exact) mass is 222 g/mol. The van der Waals surface area contributed by atoms with Crippen LogP contribution in [-0.4, -0.2) is 35.1 Å². The Kier molecular flexibility index (Phi) is 4.10. The summed E-state index contributed by atoms with van der Waals surface area (Å²) >= 11 is 3.09. The van der Waals surface area contributed by atoms with E-state index in [9.17, 15) is 9.59 Å². The Balaban J connectivity index is 3.93. The first kappa shape index (κ1) is 10.4. The van der Waals surface area contributed by atoms with E-state index >= 15 is 0 Å². The summed E-state index contributed by atoms with van der Waals surface area (Å²) in [4.78, 5) is 22.4. The predicted octanol–water partition coefficient (Wildman–Crippen LogP) is -0.286. The molecular formula is C6H11BrN2O2. The van der Waals surface area contributed by atoms with Gasteiger partial charge in [-0.05, 0) is 6.92 Å². The van der Waals surface area contributed by atoms with Crippen molar-refractivity contribution in [2.24, 2.45) is 5.73 Å². The van der Waals surface area contributed by atoms with Gasteiger partial charge in [-0.3, -0.25) is 9.59 Å². The number of primary amides is 1. The third-order valence-corrected chi connectivity index (χ3v) is 1.50. The molecule has 0 aromatic heterocycles. The summed E-state index contributed by atoms with van der Waals surface area (Å²) in [5.41, 5.74) is 4.88. The zero-order chi connectivity index (χ0) is 9.02. The number of rotatable bonds is 3. The minimum absolute atomic E-state index is 0.0330. The average molecular weight is 223 g/mol. The second-order valence-electron chi connectivity index (χ2n) is 2.28. The van der Waals surface area contributed by atoms with Gasteiger partial charge in [0.15, 0.2) is 0 Å². The highest BCUT2D eigenvalue weighted by Gasteiger charge is 2.15. The number of carbonyl (C=O) groups excluding carboxylic acids is 2. The Morgan fingerprint density at radius 3 is 2.36 bits per heavy atom. The summed E-state index contributed by atoms with van der Waals surface area (Å²) < 4.78 is 0. The molecule has 0 spiro atoms. The molecule has 0 saturated carbocycles. The SMILES string of the molecule is CC(Br)C(=O)N(C)CC(N)=O. The number of nitrogens with two attached hydrogens (primary N) is 1. The number of alkyl halides is 1. The lowest BCUT2D eigenvalue weighted by Gasteiger charge is -2.15. The Hall–Kier alpha value is -0.580. The maximum Gasteiger partial charge on any atom is 0.237 e. The number of hydrogen-bond acceptors (Lipinski definition) is 2. The van der Waals surface area contributed by atoms with Crippen LogP contribution in [0.3, 0.4) is 0 Å². The quantitative estimate of drug-likeness (QED) is 0.668. The van der Waals surface area contributed by atoms with Crippen molar-refractivity contribution in [2.45, 2.75) is 11.8 Å². The van der Waals surface area contributed by atoms with Crippen LogP contribution in [-0.2, 0) is 9.59 Å². The first-order chi connectivity index (χ1) is 4.95. The Bertz CT molecular complexity index is 170. The average Bonchev–Trinajstić information content (AvgIpc) is 1.84. The van der Waals surface area contributed by atoms with E-state index in [0.29, 0.717) is 0 Å². The highest BCUT2D eigenvalue weighted by atomic mass is 79.9. The van der Waals surface area contributed by atoms with Crippen LogP contribution in [0, 0.1) is 0 Å². The lowest BCUT2D eigenvalue weighted by atomic mass is 10.4. The van der Waals surface area contributed by atoms with Gasteiger partial charge in [-0.1, -0.05) is 15.9 Å². The number of halogens is 1. The molecular weight excluding hydrogens is 212 g/mol. The summed E-state index contributed by atoms with van der Waals surface area (Å²) in [6, 6.07) is 0. The fourth-order valence-corrected chi connectivity index (χ4v) is 0.965. The van der Waals surface area contributed by atoms with E-state index in [-0.39, 0.29) is 17.3 Å². The van der Waals surface area contributed by atoms with Gasteiger partial charge in [0.05, 0.1) is 11.4 Å². The number of likely N-dealkylation sites (N-methyl/N-ethyl adjacent to an activating group) is 1. The van der Waals surface area contributed by atoms with Gasteiger partial charge in [0.1, 0.15) is 0 Å². The summed E-state index contributed by atoms with van der Waals surface area (Å²) in [5, 5.41) is 0. The van der Waals surface area contributed by atoms with E-state index in [2.05, 4.69) is 15.9 Å². The fourth-order valence-electron chi connectivity index (χ4n) is 0.615. The van der Waals surface area contributed by atoms with Crippen LogP contribution in [0.25, 0.3) is 0 Å². The molecule has 0 radical (unpaired) electrons. The van der Waals surface area contributed by atoms with E-state index in [4.69, 9.17) is 5.73 Å². The van der Waals surface area contributed by atoms with Gasteiger partial charge in [0.25, 0.3) is 0 Å². The van der Waals surface area contributed by atoms with E-state index in [1.165, 1.54) is 11.9 Å². The molecule has 2 amide bonds. The van der Waals surface area contributed by atoms with Gasteiger partial charge in [-0.15, -0.1) is 0 Å². The van der Waals surface area contributed by atoms with Crippen molar-refractivity contribution in [1.82, 2.24) is 4.90 Å². The van der Waals surface area contributed by atoms with Crippen LogP contribution >= 0.6 is 15.9 Å². The van der Waals surface area contributed by atoms with Crippen molar-refractivity contribution in [1.29, 1.82) is 0 Å². The lowest BCUT2D eigenvalue weighted by Crippen LogP contribution is -2.38. The number of nitrogens with zero attached hydrogens (tertiary/aromatic N) is 1. The van der Waals surface area contributed by atoms with Crippen LogP contribution in [0.4, 0.5) is 0 Å². The van der Waals surface area contributed by atoms with Crippen molar-refractivity contribution in [3.63, 3.8) is 0 Å². The Morgan fingerprint density at radius 2 is 2.09 bits per heavy atom. The van der Waals surface area contributed by atoms with E-state index in [1.807, 2.05) is 0 Å². The Labute approximate surface area is 73.9 Å². The summed E-state index contributed by atoms with van der Waals surface area (Å²) in [5.74, 6) is -0.655. The molecule has 0 heterocycles. The number of hydrogen-bond donors (Lipinski definition) is 1. The van der Waals surface area contributed by atoms with Crippen molar-refractivity contribution >= 4 is 27.7 Å². The minimum atomic E-state index is -0.506. The molecule has 11 heavy (non-hydrogen) atoms. The normalized spacial score (nSPS) is 12.3. The van der Waals surface area contributed by atoms with Gasteiger partial charge >= 0.3 is 0 Å². The molecule has 0 bridgehead atoms. The summed E-state index contributed by atoms with van der Waals surface area (Å²) in [6.45, 7) is 1.66. The zero-order valence-corrected chi connectivity index (χ0v) is 8.09. The highest BCUT2D eigenvalue weighted by molar-refractivity contribution is 9.10. The van der Waals surface area contributed by atoms with Crippen molar-refractivity contribution in [3.8, 4) is 0 Å². The third-order valence-electron chi connectivity index (χ3n) is 1.11.